The van der Waals surface area contributed by atoms with Gasteiger partial charge in [0.1, 0.15) is 0 Å². The zero-order valence-electron chi connectivity index (χ0n) is 9.75. The van der Waals surface area contributed by atoms with Crippen LogP contribution in [0.25, 0.3) is 0 Å². The molecular weight excluding hydrogens is 207 g/mol. The van der Waals surface area contributed by atoms with E-state index in [0.717, 1.165) is 39.1 Å². The summed E-state index contributed by atoms with van der Waals surface area (Å²) in [4.78, 5) is 0. The first-order valence-corrected chi connectivity index (χ1v) is 6.39. The van der Waals surface area contributed by atoms with E-state index in [1.54, 1.807) is 0 Å². The average Bonchev–Trinajstić information content (AvgIpc) is 2.26. The second-order valence-electron chi connectivity index (χ2n) is 3.68. The van der Waals surface area contributed by atoms with E-state index >= 15 is 0 Å². The third-order valence-electron chi connectivity index (χ3n) is 2.25. The molecule has 2 nitrogen and oxygen atoms in total. The van der Waals surface area contributed by atoms with Crippen LogP contribution in [0.3, 0.4) is 0 Å². The first-order chi connectivity index (χ1) is 7.41. The zero-order chi connectivity index (χ0) is 11.2. The largest absolute Gasteiger partial charge is 0.381 e. The summed E-state index contributed by atoms with van der Waals surface area (Å²) in [7, 11) is 2.28. The molecule has 0 aliphatic carbocycles. The van der Waals surface area contributed by atoms with Gasteiger partial charge in [-0.2, -0.15) is 0 Å². The summed E-state index contributed by atoms with van der Waals surface area (Å²) in [6.07, 6.45) is 10.3. The Balaban J connectivity index is 2.83. The fourth-order valence-corrected chi connectivity index (χ4v) is 1.50. The van der Waals surface area contributed by atoms with E-state index in [-0.39, 0.29) is 0 Å². The summed E-state index contributed by atoms with van der Waals surface area (Å²) >= 11 is 0. The molecule has 0 fully saturated rings. The zero-order valence-corrected chi connectivity index (χ0v) is 10.9. The Bertz CT molecular complexity index is 129. The lowest BCUT2D eigenvalue weighted by molar-refractivity contribution is 0.126. The minimum atomic E-state index is 0.854. The predicted molar refractivity (Wildman–Crippen MR) is 69.0 cm³/mol. The van der Waals surface area contributed by atoms with Crippen molar-refractivity contribution in [3.8, 4) is 0 Å². The standard InChI is InChI=1S/C12H25O2P/c1-2-3-4-7-10-13-11-8-5-6-9-12-14-15/h2H,1,3-12,15H2. The Labute approximate surface area is 96.7 Å². The van der Waals surface area contributed by atoms with Crippen LogP contribution in [0.4, 0.5) is 0 Å². The second kappa shape index (κ2) is 14.1. The van der Waals surface area contributed by atoms with Gasteiger partial charge in [0, 0.05) is 22.7 Å². The highest BCUT2D eigenvalue weighted by atomic mass is 31.0. The summed E-state index contributed by atoms with van der Waals surface area (Å²) in [6, 6.07) is 0. The van der Waals surface area contributed by atoms with Crippen LogP contribution in [0.2, 0.25) is 0 Å². The molecule has 0 aromatic rings. The molecule has 0 rings (SSSR count). The Kier molecular flexibility index (Phi) is 14.2. The van der Waals surface area contributed by atoms with Crippen LogP contribution in [-0.4, -0.2) is 19.8 Å². The summed E-state index contributed by atoms with van der Waals surface area (Å²) in [5.41, 5.74) is 0. The third kappa shape index (κ3) is 14.1. The Morgan fingerprint density at radius 1 is 0.867 bits per heavy atom. The maximum Gasteiger partial charge on any atom is 0.0501 e. The molecule has 0 N–H and O–H groups in total. The first kappa shape index (κ1) is 15.1. The van der Waals surface area contributed by atoms with E-state index < -0.39 is 0 Å². The molecule has 0 aromatic carbocycles. The maximum absolute atomic E-state index is 5.52. The van der Waals surface area contributed by atoms with Crippen molar-refractivity contribution in [2.45, 2.75) is 44.9 Å². The van der Waals surface area contributed by atoms with Crippen molar-refractivity contribution in [1.29, 1.82) is 0 Å². The van der Waals surface area contributed by atoms with Gasteiger partial charge < -0.3 is 9.26 Å². The second-order valence-corrected chi connectivity index (χ2v) is 4.02. The van der Waals surface area contributed by atoms with E-state index in [0.29, 0.717) is 0 Å². The van der Waals surface area contributed by atoms with Crippen LogP contribution in [0, 0.1) is 0 Å². The highest BCUT2D eigenvalue weighted by Crippen LogP contribution is 2.02. The van der Waals surface area contributed by atoms with Crippen molar-refractivity contribution < 1.29 is 9.26 Å². The number of unbranched alkanes of at least 4 members (excludes halogenated alkanes) is 5. The van der Waals surface area contributed by atoms with Crippen molar-refractivity contribution in [3.05, 3.63) is 12.7 Å². The molecule has 0 heterocycles. The molecule has 0 spiro atoms. The normalized spacial score (nSPS) is 10.5. The summed E-state index contributed by atoms with van der Waals surface area (Å²) in [5.74, 6) is 0. The lowest BCUT2D eigenvalue weighted by Crippen LogP contribution is -1.97. The molecule has 0 saturated heterocycles. The molecule has 3 heteroatoms. The van der Waals surface area contributed by atoms with Crippen LogP contribution in [-0.2, 0) is 9.26 Å². The molecule has 0 bridgehead atoms. The molecule has 0 aliphatic rings. The third-order valence-corrected chi connectivity index (χ3v) is 2.48. The van der Waals surface area contributed by atoms with Gasteiger partial charge in [-0.15, -0.1) is 6.58 Å². The number of rotatable bonds is 12. The number of hydrogen-bond acceptors (Lipinski definition) is 2. The summed E-state index contributed by atoms with van der Waals surface area (Å²) in [6.45, 7) is 6.36. The average molecular weight is 232 g/mol. The van der Waals surface area contributed by atoms with Gasteiger partial charge in [0.15, 0.2) is 0 Å². The van der Waals surface area contributed by atoms with E-state index in [2.05, 4.69) is 16.0 Å². The van der Waals surface area contributed by atoms with Gasteiger partial charge in [0.25, 0.3) is 0 Å². The molecule has 0 saturated carbocycles. The predicted octanol–water partition coefficient (Wildman–Crippen LogP) is 3.73. The molecule has 1 atom stereocenters. The number of hydrogen-bond donors (Lipinski definition) is 0. The SMILES string of the molecule is C=CCCCCOCCCCCCOP. The Morgan fingerprint density at radius 3 is 2.07 bits per heavy atom. The van der Waals surface area contributed by atoms with Gasteiger partial charge in [0.05, 0.1) is 6.61 Å². The maximum atomic E-state index is 5.52. The molecule has 1 unspecified atom stereocenters. The van der Waals surface area contributed by atoms with Crippen molar-refractivity contribution in [2.24, 2.45) is 0 Å². The van der Waals surface area contributed by atoms with Crippen LogP contribution < -0.4 is 0 Å². The van der Waals surface area contributed by atoms with Crippen LogP contribution >= 0.6 is 9.47 Å². The van der Waals surface area contributed by atoms with Crippen molar-refractivity contribution in [2.75, 3.05) is 19.8 Å². The van der Waals surface area contributed by atoms with E-state index in [1.807, 2.05) is 6.08 Å². The van der Waals surface area contributed by atoms with Crippen LogP contribution in [0.15, 0.2) is 12.7 Å². The minimum Gasteiger partial charge on any atom is -0.381 e. The van der Waals surface area contributed by atoms with Gasteiger partial charge in [0.2, 0.25) is 0 Å². The fourth-order valence-electron chi connectivity index (χ4n) is 1.34. The lowest BCUT2D eigenvalue weighted by atomic mass is 10.2. The molecule has 0 aromatic heterocycles. The Morgan fingerprint density at radius 2 is 1.47 bits per heavy atom. The quantitative estimate of drug-likeness (QED) is 0.290. The molecular formula is C12H25O2P. The minimum absolute atomic E-state index is 0.854. The van der Waals surface area contributed by atoms with E-state index in [1.165, 1.54) is 25.7 Å². The summed E-state index contributed by atoms with van der Waals surface area (Å²) in [5, 5.41) is 0. The topological polar surface area (TPSA) is 18.5 Å². The molecule has 15 heavy (non-hydrogen) atoms. The van der Waals surface area contributed by atoms with Gasteiger partial charge in [-0.05, 0) is 32.1 Å². The lowest BCUT2D eigenvalue weighted by Gasteiger charge is -2.03. The molecule has 0 amide bonds. The summed E-state index contributed by atoms with van der Waals surface area (Å²) < 4.78 is 10.4. The Hall–Kier alpha value is 0.0900. The molecule has 90 valence electrons. The highest BCUT2D eigenvalue weighted by molar-refractivity contribution is 7.09. The number of ether oxygens (including phenoxy) is 1. The van der Waals surface area contributed by atoms with Gasteiger partial charge in [-0.3, -0.25) is 0 Å². The fraction of sp³-hybridized carbons (Fsp3) is 0.833. The van der Waals surface area contributed by atoms with Crippen molar-refractivity contribution in [1.82, 2.24) is 0 Å². The van der Waals surface area contributed by atoms with Crippen LogP contribution in [0.5, 0.6) is 0 Å². The van der Waals surface area contributed by atoms with Crippen molar-refractivity contribution >= 4 is 9.47 Å². The first-order valence-electron chi connectivity index (χ1n) is 5.92. The van der Waals surface area contributed by atoms with Gasteiger partial charge in [-0.25, -0.2) is 0 Å². The highest BCUT2D eigenvalue weighted by Gasteiger charge is 1.91. The monoisotopic (exact) mass is 232 g/mol. The smallest absolute Gasteiger partial charge is 0.0501 e. The molecule has 0 aliphatic heterocycles. The van der Waals surface area contributed by atoms with E-state index in [9.17, 15) is 0 Å². The van der Waals surface area contributed by atoms with Gasteiger partial charge >= 0.3 is 0 Å². The van der Waals surface area contributed by atoms with E-state index in [4.69, 9.17) is 9.26 Å². The number of allylic oxidation sites excluding steroid dienone is 1. The van der Waals surface area contributed by atoms with Gasteiger partial charge in [-0.1, -0.05) is 18.9 Å². The van der Waals surface area contributed by atoms with Crippen LogP contribution in [0.1, 0.15) is 44.9 Å². The van der Waals surface area contributed by atoms with Crippen molar-refractivity contribution in [3.63, 3.8) is 0 Å². The molecule has 0 radical (unpaired) electrons.